The molecule has 1 N–H and O–H groups in total. The summed E-state index contributed by atoms with van der Waals surface area (Å²) in [6.07, 6.45) is 0. The van der Waals surface area contributed by atoms with E-state index in [1.54, 1.807) is 0 Å². The molecule has 0 radical (unpaired) electrons. The highest BCUT2D eigenvalue weighted by molar-refractivity contribution is 7.13. The van der Waals surface area contributed by atoms with Gasteiger partial charge in [0.05, 0.1) is 10.5 Å². The molecule has 0 bridgehead atoms. The molecular weight excluding hydrogens is 260 g/mol. The molecule has 0 aliphatic rings. The van der Waals surface area contributed by atoms with Crippen molar-refractivity contribution in [3.8, 4) is 0 Å². The molecule has 0 aliphatic heterocycles. The van der Waals surface area contributed by atoms with Gasteiger partial charge in [-0.3, -0.25) is 14.9 Å². The number of amides is 1. The van der Waals surface area contributed by atoms with E-state index in [9.17, 15) is 19.7 Å². The van der Waals surface area contributed by atoms with E-state index in [0.29, 0.717) is 0 Å². The van der Waals surface area contributed by atoms with Crippen molar-refractivity contribution in [1.29, 1.82) is 0 Å². The van der Waals surface area contributed by atoms with Crippen LogP contribution in [-0.2, 0) is 4.79 Å². The first-order valence-corrected chi connectivity index (χ1v) is 5.80. The third kappa shape index (κ3) is 2.48. The van der Waals surface area contributed by atoms with E-state index in [2.05, 4.69) is 0 Å². The zero-order valence-corrected chi connectivity index (χ0v) is 10.9. The van der Waals surface area contributed by atoms with Gasteiger partial charge < -0.3 is 10.0 Å². The molecule has 7 nitrogen and oxygen atoms in total. The first-order chi connectivity index (χ1) is 8.17. The Hall–Kier alpha value is -1.96. The zero-order chi connectivity index (χ0) is 14.1. The minimum Gasteiger partial charge on any atom is -0.480 e. The van der Waals surface area contributed by atoms with Crippen LogP contribution < -0.4 is 0 Å². The standard InChI is InChI=1S/C10H12N2O5S/c1-10(2,9(14)15)11(3)8(13)6-4-7(12(16)17)18-5-6/h4-5H,1-3H3,(H,14,15). The number of carboxylic acids is 1. The molecule has 0 aromatic carbocycles. The summed E-state index contributed by atoms with van der Waals surface area (Å²) < 4.78 is 0. The van der Waals surface area contributed by atoms with Crippen molar-refractivity contribution in [2.45, 2.75) is 19.4 Å². The molecule has 0 saturated carbocycles. The van der Waals surface area contributed by atoms with Gasteiger partial charge in [-0.2, -0.15) is 0 Å². The summed E-state index contributed by atoms with van der Waals surface area (Å²) in [5, 5.41) is 20.7. The summed E-state index contributed by atoms with van der Waals surface area (Å²) in [6, 6.07) is 1.14. The van der Waals surface area contributed by atoms with Crippen LogP contribution in [0.3, 0.4) is 0 Å². The Bertz CT molecular complexity index is 508. The van der Waals surface area contributed by atoms with Crippen LogP contribution >= 0.6 is 11.3 Å². The van der Waals surface area contributed by atoms with Crippen molar-refractivity contribution in [1.82, 2.24) is 4.90 Å². The van der Waals surface area contributed by atoms with Crippen LogP contribution in [0.5, 0.6) is 0 Å². The second kappa shape index (κ2) is 4.73. The van der Waals surface area contributed by atoms with E-state index in [0.717, 1.165) is 22.3 Å². The highest BCUT2D eigenvalue weighted by Crippen LogP contribution is 2.25. The molecule has 1 amide bonds. The number of hydrogen-bond acceptors (Lipinski definition) is 5. The second-order valence-corrected chi connectivity index (χ2v) is 5.05. The maximum Gasteiger partial charge on any atom is 0.329 e. The average molecular weight is 272 g/mol. The quantitative estimate of drug-likeness (QED) is 0.662. The number of nitrogens with zero attached hydrogens (tertiary/aromatic N) is 2. The molecule has 1 aromatic rings. The molecule has 1 rings (SSSR count). The largest absolute Gasteiger partial charge is 0.480 e. The fourth-order valence-corrected chi connectivity index (χ4v) is 1.82. The van der Waals surface area contributed by atoms with Crippen molar-refractivity contribution < 1.29 is 19.6 Å². The lowest BCUT2D eigenvalue weighted by Gasteiger charge is -2.31. The minimum atomic E-state index is -1.38. The highest BCUT2D eigenvalue weighted by atomic mass is 32.1. The number of hydrogen-bond donors (Lipinski definition) is 1. The van der Waals surface area contributed by atoms with E-state index in [-0.39, 0.29) is 10.6 Å². The lowest BCUT2D eigenvalue weighted by Crippen LogP contribution is -2.50. The highest BCUT2D eigenvalue weighted by Gasteiger charge is 2.36. The van der Waals surface area contributed by atoms with E-state index in [1.807, 2.05) is 0 Å². The summed E-state index contributed by atoms with van der Waals surface area (Å²) in [6.45, 7) is 2.77. The van der Waals surface area contributed by atoms with Gasteiger partial charge >= 0.3 is 11.0 Å². The van der Waals surface area contributed by atoms with Gasteiger partial charge in [0.15, 0.2) is 0 Å². The van der Waals surface area contributed by atoms with Crippen molar-refractivity contribution in [3.05, 3.63) is 27.1 Å². The van der Waals surface area contributed by atoms with Gasteiger partial charge in [-0.05, 0) is 13.8 Å². The fraction of sp³-hybridized carbons (Fsp3) is 0.400. The van der Waals surface area contributed by atoms with Crippen molar-refractivity contribution in [2.24, 2.45) is 0 Å². The number of carbonyl (C=O) groups is 2. The fourth-order valence-electron chi connectivity index (χ4n) is 1.12. The third-order valence-corrected chi connectivity index (χ3v) is 3.56. The summed E-state index contributed by atoms with van der Waals surface area (Å²) in [5.74, 6) is -1.71. The molecule has 8 heteroatoms. The smallest absolute Gasteiger partial charge is 0.329 e. The number of rotatable bonds is 4. The molecule has 98 valence electrons. The first-order valence-electron chi connectivity index (χ1n) is 4.92. The molecule has 0 aliphatic carbocycles. The van der Waals surface area contributed by atoms with Crippen LogP contribution in [0.2, 0.25) is 0 Å². The Kier molecular flexibility index (Phi) is 3.70. The number of likely N-dealkylation sites (N-methyl/N-ethyl adjacent to an activating group) is 1. The van der Waals surface area contributed by atoms with Crippen molar-refractivity contribution >= 4 is 28.2 Å². The summed E-state index contributed by atoms with van der Waals surface area (Å²) in [5.41, 5.74) is -1.27. The van der Waals surface area contributed by atoms with Gasteiger partial charge in [-0.25, -0.2) is 4.79 Å². The Morgan fingerprint density at radius 1 is 1.50 bits per heavy atom. The molecule has 0 unspecified atom stereocenters. The lowest BCUT2D eigenvalue weighted by atomic mass is 10.0. The third-order valence-electron chi connectivity index (χ3n) is 2.68. The number of thiophene rings is 1. The van der Waals surface area contributed by atoms with Gasteiger partial charge in [0.2, 0.25) is 0 Å². The monoisotopic (exact) mass is 272 g/mol. The topological polar surface area (TPSA) is 101 Å². The lowest BCUT2D eigenvalue weighted by molar-refractivity contribution is -0.380. The Balaban J connectivity index is 3.00. The average Bonchev–Trinajstić information content (AvgIpc) is 2.76. The van der Waals surface area contributed by atoms with Gasteiger partial charge in [-0.15, -0.1) is 0 Å². The summed E-state index contributed by atoms with van der Waals surface area (Å²) >= 11 is 0.828. The SMILES string of the molecule is CN(C(=O)c1csc([N+](=O)[O-])c1)C(C)(C)C(=O)O. The number of nitro groups is 1. The van der Waals surface area contributed by atoms with E-state index >= 15 is 0 Å². The number of carbonyl (C=O) groups excluding carboxylic acids is 1. The van der Waals surface area contributed by atoms with Crippen LogP contribution in [0.15, 0.2) is 11.4 Å². The normalized spacial score (nSPS) is 11.1. The molecular formula is C10H12N2O5S. The van der Waals surface area contributed by atoms with Crippen LogP contribution in [0.1, 0.15) is 24.2 Å². The van der Waals surface area contributed by atoms with Crippen LogP contribution in [0.4, 0.5) is 5.00 Å². The van der Waals surface area contributed by atoms with Crippen molar-refractivity contribution in [2.75, 3.05) is 7.05 Å². The molecule has 0 spiro atoms. The van der Waals surface area contributed by atoms with Gasteiger partial charge in [0.25, 0.3) is 5.91 Å². The molecule has 1 heterocycles. The van der Waals surface area contributed by atoms with Gasteiger partial charge in [-0.1, -0.05) is 11.3 Å². The summed E-state index contributed by atoms with van der Waals surface area (Å²) in [4.78, 5) is 33.9. The van der Waals surface area contributed by atoms with Crippen LogP contribution in [0, 0.1) is 10.1 Å². The first kappa shape index (κ1) is 14.1. The zero-order valence-electron chi connectivity index (χ0n) is 10.0. The predicted octanol–water partition coefficient (Wildman–Crippen LogP) is 1.59. The summed E-state index contributed by atoms with van der Waals surface area (Å²) in [7, 11) is 1.35. The van der Waals surface area contributed by atoms with Crippen molar-refractivity contribution in [3.63, 3.8) is 0 Å². The molecule has 0 saturated heterocycles. The predicted molar refractivity (Wildman–Crippen MR) is 64.8 cm³/mol. The number of aliphatic carboxylic acids is 1. The van der Waals surface area contributed by atoms with Gasteiger partial charge in [0, 0.05) is 18.5 Å². The second-order valence-electron chi connectivity index (χ2n) is 4.16. The molecule has 1 aromatic heterocycles. The molecule has 18 heavy (non-hydrogen) atoms. The maximum atomic E-state index is 12.0. The van der Waals surface area contributed by atoms with E-state index < -0.39 is 22.3 Å². The molecule has 0 atom stereocenters. The Labute approximate surface area is 107 Å². The van der Waals surface area contributed by atoms with Crippen LogP contribution in [-0.4, -0.2) is 39.4 Å². The van der Waals surface area contributed by atoms with E-state index in [1.165, 1.54) is 26.3 Å². The van der Waals surface area contributed by atoms with Gasteiger partial charge in [0.1, 0.15) is 5.54 Å². The number of carboxylic acid groups (broad SMARTS) is 1. The Morgan fingerprint density at radius 3 is 2.44 bits per heavy atom. The molecule has 0 fully saturated rings. The minimum absolute atomic E-state index is 0.114. The maximum absolute atomic E-state index is 12.0. The Morgan fingerprint density at radius 2 is 2.06 bits per heavy atom. The van der Waals surface area contributed by atoms with Crippen LogP contribution in [0.25, 0.3) is 0 Å². The van der Waals surface area contributed by atoms with E-state index in [4.69, 9.17) is 5.11 Å².